The monoisotopic (exact) mass is 262 g/mol. The number of phenolic OH excluding ortho intramolecular Hbond substituents is 1. The minimum atomic E-state index is 0.351. The second-order valence-electron chi connectivity index (χ2n) is 4.03. The largest absolute Gasteiger partial charge is 0.507 e. The lowest BCUT2D eigenvalue weighted by atomic mass is 10.1. The first-order chi connectivity index (χ1) is 8.83. The van der Waals surface area contributed by atoms with Crippen LogP contribution in [0, 0.1) is 0 Å². The third kappa shape index (κ3) is 3.18. The van der Waals surface area contributed by atoms with Crippen molar-refractivity contribution in [3.05, 3.63) is 36.4 Å². The molecule has 0 spiro atoms. The summed E-state index contributed by atoms with van der Waals surface area (Å²) in [5.41, 5.74) is 0. The molecule has 2 rings (SSSR count). The van der Waals surface area contributed by atoms with Crippen LogP contribution in [0.15, 0.2) is 41.3 Å². The molecular weight excluding hydrogens is 244 g/mol. The number of thioether (sulfide) groups is 1. The number of fused-ring (bicyclic) bond motifs is 1. The van der Waals surface area contributed by atoms with Gasteiger partial charge in [0, 0.05) is 29.2 Å². The van der Waals surface area contributed by atoms with Crippen LogP contribution in [0.4, 0.5) is 0 Å². The first-order valence-electron chi connectivity index (χ1n) is 6.24. The van der Waals surface area contributed by atoms with E-state index in [0.717, 1.165) is 36.2 Å². The number of hydrogen-bond acceptors (Lipinski definition) is 3. The van der Waals surface area contributed by atoms with E-state index in [1.165, 1.54) is 4.90 Å². The zero-order valence-corrected chi connectivity index (χ0v) is 11.4. The first-order valence-corrected chi connectivity index (χ1v) is 7.22. The fourth-order valence-corrected chi connectivity index (χ4v) is 2.85. The van der Waals surface area contributed by atoms with E-state index in [2.05, 4.69) is 6.07 Å². The first kappa shape index (κ1) is 13.2. The Morgan fingerprint density at radius 2 is 1.89 bits per heavy atom. The maximum absolute atomic E-state index is 9.81. The molecule has 96 valence electrons. The molecule has 0 aliphatic rings. The number of benzene rings is 2. The average Bonchev–Trinajstić information content (AvgIpc) is 2.41. The highest BCUT2D eigenvalue weighted by Gasteiger charge is 2.04. The van der Waals surface area contributed by atoms with Gasteiger partial charge >= 0.3 is 0 Å². The van der Waals surface area contributed by atoms with Crippen molar-refractivity contribution in [2.24, 2.45) is 0 Å². The number of rotatable bonds is 6. The lowest BCUT2D eigenvalue weighted by Gasteiger charge is -2.07. The number of hydrogen-bond donors (Lipinski definition) is 1. The molecule has 2 aromatic rings. The third-order valence-corrected chi connectivity index (χ3v) is 3.92. The lowest BCUT2D eigenvalue weighted by molar-refractivity contribution is 0.149. The van der Waals surface area contributed by atoms with Crippen molar-refractivity contribution in [2.75, 3.05) is 19.0 Å². The number of ether oxygens (including phenoxy) is 1. The molecule has 0 amide bonds. The fourth-order valence-electron chi connectivity index (χ4n) is 1.87. The predicted molar refractivity (Wildman–Crippen MR) is 77.4 cm³/mol. The van der Waals surface area contributed by atoms with Crippen LogP contribution in [-0.4, -0.2) is 24.1 Å². The van der Waals surface area contributed by atoms with Gasteiger partial charge in [-0.05, 0) is 30.9 Å². The molecule has 0 atom stereocenters. The molecule has 1 N–H and O–H groups in total. The highest BCUT2D eigenvalue weighted by molar-refractivity contribution is 7.99. The second-order valence-corrected chi connectivity index (χ2v) is 5.16. The Labute approximate surface area is 112 Å². The van der Waals surface area contributed by atoms with Gasteiger partial charge < -0.3 is 9.84 Å². The van der Waals surface area contributed by atoms with Crippen molar-refractivity contribution < 1.29 is 9.84 Å². The maximum Gasteiger partial charge on any atom is 0.123 e. The van der Waals surface area contributed by atoms with Crippen LogP contribution < -0.4 is 0 Å². The minimum absolute atomic E-state index is 0.351. The number of aromatic hydroxyl groups is 1. The van der Waals surface area contributed by atoms with Gasteiger partial charge in [0.2, 0.25) is 0 Å². The van der Waals surface area contributed by atoms with Crippen molar-refractivity contribution >= 4 is 22.5 Å². The molecule has 0 heterocycles. The van der Waals surface area contributed by atoms with Crippen LogP contribution in [-0.2, 0) is 4.74 Å². The van der Waals surface area contributed by atoms with E-state index in [1.54, 1.807) is 6.07 Å². The smallest absolute Gasteiger partial charge is 0.123 e. The summed E-state index contributed by atoms with van der Waals surface area (Å²) in [6, 6.07) is 11.7. The zero-order valence-electron chi connectivity index (χ0n) is 10.6. The van der Waals surface area contributed by atoms with Gasteiger partial charge in [-0.2, -0.15) is 0 Å². The van der Waals surface area contributed by atoms with Crippen molar-refractivity contribution in [1.82, 2.24) is 0 Å². The van der Waals surface area contributed by atoms with Gasteiger partial charge in [0.25, 0.3) is 0 Å². The van der Waals surface area contributed by atoms with E-state index in [-0.39, 0.29) is 0 Å². The normalized spacial score (nSPS) is 10.9. The van der Waals surface area contributed by atoms with Crippen molar-refractivity contribution in [3.63, 3.8) is 0 Å². The Morgan fingerprint density at radius 1 is 1.11 bits per heavy atom. The Balaban J connectivity index is 2.07. The van der Waals surface area contributed by atoms with E-state index in [1.807, 2.05) is 43.0 Å². The predicted octanol–water partition coefficient (Wildman–Crippen LogP) is 4.06. The van der Waals surface area contributed by atoms with Gasteiger partial charge in [0.05, 0.1) is 0 Å². The Kier molecular flexibility index (Phi) is 4.90. The quantitative estimate of drug-likeness (QED) is 0.628. The Morgan fingerprint density at radius 3 is 2.67 bits per heavy atom. The molecule has 0 unspecified atom stereocenters. The Bertz CT molecular complexity index is 511. The maximum atomic E-state index is 9.81. The van der Waals surface area contributed by atoms with E-state index in [9.17, 15) is 5.11 Å². The molecule has 0 fully saturated rings. The topological polar surface area (TPSA) is 29.5 Å². The van der Waals surface area contributed by atoms with Crippen LogP contribution in [0.5, 0.6) is 5.75 Å². The van der Waals surface area contributed by atoms with E-state index < -0.39 is 0 Å². The van der Waals surface area contributed by atoms with Gasteiger partial charge in [0.15, 0.2) is 0 Å². The molecule has 18 heavy (non-hydrogen) atoms. The molecule has 0 bridgehead atoms. The molecule has 3 heteroatoms. The van der Waals surface area contributed by atoms with Crippen LogP contribution in [0.25, 0.3) is 10.8 Å². The third-order valence-electron chi connectivity index (χ3n) is 2.76. The highest BCUT2D eigenvalue weighted by Crippen LogP contribution is 2.33. The summed E-state index contributed by atoms with van der Waals surface area (Å²) in [7, 11) is 0. The molecule has 2 nitrogen and oxygen atoms in total. The van der Waals surface area contributed by atoms with Crippen molar-refractivity contribution in [3.8, 4) is 5.75 Å². The highest BCUT2D eigenvalue weighted by atomic mass is 32.2. The fraction of sp³-hybridized carbons (Fsp3) is 0.333. The second kappa shape index (κ2) is 6.66. The van der Waals surface area contributed by atoms with Crippen LogP contribution in [0.3, 0.4) is 0 Å². The van der Waals surface area contributed by atoms with Crippen molar-refractivity contribution in [1.29, 1.82) is 0 Å². The van der Waals surface area contributed by atoms with Gasteiger partial charge in [-0.25, -0.2) is 0 Å². The van der Waals surface area contributed by atoms with Gasteiger partial charge in [0.1, 0.15) is 5.75 Å². The van der Waals surface area contributed by atoms with Crippen LogP contribution in [0.2, 0.25) is 0 Å². The van der Waals surface area contributed by atoms with Crippen molar-refractivity contribution in [2.45, 2.75) is 18.2 Å². The van der Waals surface area contributed by atoms with Crippen LogP contribution in [0.1, 0.15) is 13.3 Å². The summed E-state index contributed by atoms with van der Waals surface area (Å²) in [6.07, 6.45) is 1.05. The standard InChI is InChI=1S/C15H18O2S/c1-2-17-10-5-11-18-15-9-8-14(16)12-6-3-4-7-13(12)15/h3-4,6-9,16H,2,5,10-11H2,1H3. The summed E-state index contributed by atoms with van der Waals surface area (Å²) in [6.45, 7) is 3.62. The summed E-state index contributed by atoms with van der Waals surface area (Å²) >= 11 is 1.82. The van der Waals surface area contributed by atoms with E-state index in [4.69, 9.17) is 4.74 Å². The molecule has 0 aromatic heterocycles. The summed E-state index contributed by atoms with van der Waals surface area (Å²) in [5.74, 6) is 1.39. The summed E-state index contributed by atoms with van der Waals surface area (Å²) in [4.78, 5) is 1.22. The summed E-state index contributed by atoms with van der Waals surface area (Å²) < 4.78 is 5.32. The number of phenols is 1. The van der Waals surface area contributed by atoms with Crippen LogP contribution >= 0.6 is 11.8 Å². The molecule has 0 saturated heterocycles. The average molecular weight is 262 g/mol. The van der Waals surface area contributed by atoms with Gasteiger partial charge in [-0.3, -0.25) is 0 Å². The van der Waals surface area contributed by atoms with E-state index >= 15 is 0 Å². The molecule has 0 aliphatic heterocycles. The van der Waals surface area contributed by atoms with E-state index in [0.29, 0.717) is 5.75 Å². The molecule has 0 saturated carbocycles. The Hall–Kier alpha value is -1.19. The molecule has 0 radical (unpaired) electrons. The lowest BCUT2D eigenvalue weighted by Crippen LogP contribution is -1.94. The van der Waals surface area contributed by atoms with Gasteiger partial charge in [-0.15, -0.1) is 11.8 Å². The zero-order chi connectivity index (χ0) is 12.8. The molecule has 0 aliphatic carbocycles. The molecule has 2 aromatic carbocycles. The molecular formula is C15H18O2S. The van der Waals surface area contributed by atoms with Gasteiger partial charge in [-0.1, -0.05) is 24.3 Å². The minimum Gasteiger partial charge on any atom is -0.507 e. The SMILES string of the molecule is CCOCCCSc1ccc(O)c2ccccc12. The summed E-state index contributed by atoms with van der Waals surface area (Å²) in [5, 5.41) is 11.9.